The van der Waals surface area contributed by atoms with Gasteiger partial charge >= 0.3 is 0 Å². The molecule has 5 nitrogen and oxygen atoms in total. The van der Waals surface area contributed by atoms with Crippen LogP contribution in [0.3, 0.4) is 0 Å². The summed E-state index contributed by atoms with van der Waals surface area (Å²) in [5.41, 5.74) is 0. The summed E-state index contributed by atoms with van der Waals surface area (Å²) >= 11 is 7.35. The van der Waals surface area contributed by atoms with Crippen LogP contribution < -0.4 is 10.2 Å². The zero-order chi connectivity index (χ0) is 12.4. The summed E-state index contributed by atoms with van der Waals surface area (Å²) in [5.74, 6) is 0.593. The standard InChI is InChI=1S/C10H11ClN4OS/c1-12-7(16)5-15(2)8-6-3-4-17-9(6)14-10(11)13-8/h3-4H,5H2,1-2H3,(H,12,16). The van der Waals surface area contributed by atoms with Gasteiger partial charge in [0.2, 0.25) is 11.2 Å². The van der Waals surface area contributed by atoms with Crippen molar-refractivity contribution in [2.24, 2.45) is 0 Å². The molecule has 0 saturated heterocycles. The van der Waals surface area contributed by atoms with E-state index in [4.69, 9.17) is 11.6 Å². The monoisotopic (exact) mass is 270 g/mol. The summed E-state index contributed by atoms with van der Waals surface area (Å²) in [7, 11) is 3.40. The number of fused-ring (bicyclic) bond motifs is 1. The van der Waals surface area contributed by atoms with E-state index in [1.54, 1.807) is 19.0 Å². The SMILES string of the molecule is CNC(=O)CN(C)c1nc(Cl)nc2sccc12. The second-order valence-corrected chi connectivity index (χ2v) is 4.72. The van der Waals surface area contributed by atoms with Gasteiger partial charge in [-0.25, -0.2) is 4.98 Å². The molecule has 0 aliphatic heterocycles. The Morgan fingerprint density at radius 2 is 2.35 bits per heavy atom. The van der Waals surface area contributed by atoms with Crippen molar-refractivity contribution < 1.29 is 4.79 Å². The highest BCUT2D eigenvalue weighted by Crippen LogP contribution is 2.28. The summed E-state index contributed by atoms with van der Waals surface area (Å²) < 4.78 is 0. The first-order chi connectivity index (χ1) is 8.11. The minimum absolute atomic E-state index is 0.0781. The Hall–Kier alpha value is -1.40. The zero-order valence-corrected chi connectivity index (χ0v) is 11.0. The van der Waals surface area contributed by atoms with Gasteiger partial charge in [-0.05, 0) is 23.0 Å². The molecule has 2 rings (SSSR count). The van der Waals surface area contributed by atoms with E-state index < -0.39 is 0 Å². The number of halogens is 1. The largest absolute Gasteiger partial charge is 0.358 e. The third-order valence-corrected chi connectivity index (χ3v) is 3.27. The van der Waals surface area contributed by atoms with Gasteiger partial charge in [0.05, 0.1) is 11.9 Å². The van der Waals surface area contributed by atoms with E-state index in [1.807, 2.05) is 11.4 Å². The van der Waals surface area contributed by atoms with Gasteiger partial charge in [0.25, 0.3) is 0 Å². The molecule has 0 aliphatic carbocycles. The number of anilines is 1. The summed E-state index contributed by atoms with van der Waals surface area (Å²) in [6, 6.07) is 1.92. The van der Waals surface area contributed by atoms with E-state index in [-0.39, 0.29) is 17.7 Å². The predicted octanol–water partition coefficient (Wildman–Crippen LogP) is 1.53. The molecule has 2 aromatic heterocycles. The fraction of sp³-hybridized carbons (Fsp3) is 0.300. The molecule has 2 aromatic rings. The van der Waals surface area contributed by atoms with Crippen LogP contribution in [-0.2, 0) is 4.79 Å². The first kappa shape index (κ1) is 12.1. The van der Waals surface area contributed by atoms with Crippen LogP contribution in [0.1, 0.15) is 0 Å². The molecule has 17 heavy (non-hydrogen) atoms. The Kier molecular flexibility index (Phi) is 3.44. The van der Waals surface area contributed by atoms with Gasteiger partial charge in [-0.15, -0.1) is 11.3 Å². The van der Waals surface area contributed by atoms with Crippen LogP contribution in [0.5, 0.6) is 0 Å². The van der Waals surface area contributed by atoms with Crippen LogP contribution in [-0.4, -0.2) is 36.5 Å². The number of thiophene rings is 1. The van der Waals surface area contributed by atoms with Gasteiger partial charge in [-0.1, -0.05) is 0 Å². The number of likely N-dealkylation sites (N-methyl/N-ethyl adjacent to an activating group) is 2. The molecule has 0 radical (unpaired) electrons. The number of hydrogen-bond donors (Lipinski definition) is 1. The number of nitrogens with one attached hydrogen (secondary N) is 1. The third kappa shape index (κ3) is 2.48. The van der Waals surface area contributed by atoms with Crippen LogP contribution >= 0.6 is 22.9 Å². The first-order valence-corrected chi connectivity index (χ1v) is 6.20. The smallest absolute Gasteiger partial charge is 0.239 e. The van der Waals surface area contributed by atoms with Crippen molar-refractivity contribution >= 4 is 44.9 Å². The molecular weight excluding hydrogens is 260 g/mol. The lowest BCUT2D eigenvalue weighted by molar-refractivity contribution is -0.119. The molecule has 0 bridgehead atoms. The van der Waals surface area contributed by atoms with E-state index in [2.05, 4.69) is 15.3 Å². The van der Waals surface area contributed by atoms with E-state index in [1.165, 1.54) is 11.3 Å². The zero-order valence-electron chi connectivity index (χ0n) is 9.40. The number of aromatic nitrogens is 2. The Balaban J connectivity index is 2.39. The molecule has 1 amide bonds. The summed E-state index contributed by atoms with van der Waals surface area (Å²) in [6.45, 7) is 0.231. The second kappa shape index (κ2) is 4.85. The molecule has 0 saturated carbocycles. The van der Waals surface area contributed by atoms with Crippen molar-refractivity contribution in [2.45, 2.75) is 0 Å². The van der Waals surface area contributed by atoms with Gasteiger partial charge in [0.15, 0.2) is 0 Å². The highest BCUT2D eigenvalue weighted by atomic mass is 35.5. The molecule has 90 valence electrons. The number of amides is 1. The summed E-state index contributed by atoms with van der Waals surface area (Å²) in [5, 5.41) is 5.59. The molecule has 0 spiro atoms. The van der Waals surface area contributed by atoms with Crippen LogP contribution in [0, 0.1) is 0 Å². The summed E-state index contributed by atoms with van der Waals surface area (Å²) in [6.07, 6.45) is 0. The Morgan fingerprint density at radius 3 is 3.06 bits per heavy atom. The molecule has 0 aliphatic rings. The molecule has 7 heteroatoms. The maximum Gasteiger partial charge on any atom is 0.239 e. The highest BCUT2D eigenvalue weighted by Gasteiger charge is 2.13. The third-order valence-electron chi connectivity index (χ3n) is 2.30. The fourth-order valence-corrected chi connectivity index (χ4v) is 2.45. The van der Waals surface area contributed by atoms with Crippen molar-refractivity contribution in [3.8, 4) is 0 Å². The number of carbonyl (C=O) groups is 1. The van der Waals surface area contributed by atoms with Crippen molar-refractivity contribution in [3.05, 3.63) is 16.7 Å². The van der Waals surface area contributed by atoms with Gasteiger partial charge in [-0.3, -0.25) is 4.79 Å². The van der Waals surface area contributed by atoms with Crippen molar-refractivity contribution in [3.63, 3.8) is 0 Å². The van der Waals surface area contributed by atoms with Crippen LogP contribution in [0.25, 0.3) is 10.2 Å². The van der Waals surface area contributed by atoms with Gasteiger partial charge in [-0.2, -0.15) is 4.98 Å². The molecule has 0 fully saturated rings. The number of hydrogen-bond acceptors (Lipinski definition) is 5. The van der Waals surface area contributed by atoms with E-state index in [0.717, 1.165) is 10.2 Å². The Bertz CT molecular complexity index is 556. The fourth-order valence-electron chi connectivity index (χ4n) is 1.47. The van der Waals surface area contributed by atoms with Crippen LogP contribution in [0.2, 0.25) is 5.28 Å². The topological polar surface area (TPSA) is 58.1 Å². The lowest BCUT2D eigenvalue weighted by atomic mass is 10.3. The summed E-state index contributed by atoms with van der Waals surface area (Å²) in [4.78, 5) is 22.2. The molecule has 0 aromatic carbocycles. The number of nitrogens with zero attached hydrogens (tertiary/aromatic N) is 3. The van der Waals surface area contributed by atoms with Crippen LogP contribution in [0.15, 0.2) is 11.4 Å². The predicted molar refractivity (Wildman–Crippen MR) is 69.8 cm³/mol. The molecule has 1 N–H and O–H groups in total. The minimum atomic E-state index is -0.0781. The lowest BCUT2D eigenvalue weighted by Crippen LogP contribution is -2.33. The lowest BCUT2D eigenvalue weighted by Gasteiger charge is -2.17. The molecular formula is C10H11ClN4OS. The van der Waals surface area contributed by atoms with Crippen molar-refractivity contribution in [1.82, 2.24) is 15.3 Å². The molecule has 2 heterocycles. The minimum Gasteiger partial charge on any atom is -0.358 e. The molecule has 0 atom stereocenters. The van der Waals surface area contributed by atoms with Crippen molar-refractivity contribution in [1.29, 1.82) is 0 Å². The maximum absolute atomic E-state index is 11.3. The maximum atomic E-state index is 11.3. The van der Waals surface area contributed by atoms with Crippen LogP contribution in [0.4, 0.5) is 5.82 Å². The van der Waals surface area contributed by atoms with Gasteiger partial charge < -0.3 is 10.2 Å². The van der Waals surface area contributed by atoms with Gasteiger partial charge in [0.1, 0.15) is 10.6 Å². The first-order valence-electron chi connectivity index (χ1n) is 4.94. The van der Waals surface area contributed by atoms with Crippen molar-refractivity contribution in [2.75, 3.05) is 25.5 Å². The normalized spacial score (nSPS) is 10.5. The van der Waals surface area contributed by atoms with E-state index >= 15 is 0 Å². The number of carbonyl (C=O) groups excluding carboxylic acids is 1. The Morgan fingerprint density at radius 1 is 1.59 bits per heavy atom. The van der Waals surface area contributed by atoms with Gasteiger partial charge in [0, 0.05) is 14.1 Å². The second-order valence-electron chi connectivity index (χ2n) is 3.48. The Labute approximate surface area is 107 Å². The molecule has 0 unspecified atom stereocenters. The number of rotatable bonds is 3. The average Bonchev–Trinajstić information content (AvgIpc) is 2.75. The average molecular weight is 271 g/mol. The highest BCUT2D eigenvalue weighted by molar-refractivity contribution is 7.16. The van der Waals surface area contributed by atoms with E-state index in [0.29, 0.717) is 5.82 Å². The quantitative estimate of drug-likeness (QED) is 0.860. The van der Waals surface area contributed by atoms with E-state index in [9.17, 15) is 4.79 Å².